The van der Waals surface area contributed by atoms with Gasteiger partial charge in [0.1, 0.15) is 17.9 Å². The molecular formula is C26H19ClI2N2O4. The Labute approximate surface area is 235 Å². The normalized spacial score (nSPS) is 14.9. The fraction of sp³-hybridized carbons (Fsp3) is 0.115. The highest BCUT2D eigenvalue weighted by Gasteiger charge is 2.37. The van der Waals surface area contributed by atoms with Gasteiger partial charge in [-0.05, 0) is 124 Å². The molecule has 35 heavy (non-hydrogen) atoms. The summed E-state index contributed by atoms with van der Waals surface area (Å²) in [4.78, 5) is 39.3. The zero-order valence-corrected chi connectivity index (χ0v) is 23.8. The minimum atomic E-state index is -0.766. The van der Waals surface area contributed by atoms with E-state index in [9.17, 15) is 14.4 Å². The van der Waals surface area contributed by atoms with Crippen LogP contribution in [0.5, 0.6) is 5.75 Å². The van der Waals surface area contributed by atoms with E-state index in [2.05, 4.69) is 50.5 Å². The number of barbiturate groups is 1. The third-order valence-electron chi connectivity index (χ3n) is 5.19. The molecule has 0 radical (unpaired) electrons. The van der Waals surface area contributed by atoms with Crippen LogP contribution in [0, 0.1) is 21.0 Å². The van der Waals surface area contributed by atoms with E-state index < -0.39 is 17.8 Å². The number of urea groups is 1. The van der Waals surface area contributed by atoms with Crippen LogP contribution >= 0.6 is 56.8 Å². The van der Waals surface area contributed by atoms with E-state index in [1.165, 1.54) is 6.08 Å². The van der Waals surface area contributed by atoms with Crippen molar-refractivity contribution in [3.05, 3.63) is 94.6 Å². The topological polar surface area (TPSA) is 75.7 Å². The molecular weight excluding hydrogens is 694 g/mol. The minimum absolute atomic E-state index is 0.120. The van der Waals surface area contributed by atoms with Gasteiger partial charge in [-0.15, -0.1) is 0 Å². The maximum Gasteiger partial charge on any atom is 0.335 e. The molecule has 1 aliphatic heterocycles. The van der Waals surface area contributed by atoms with Gasteiger partial charge in [0.25, 0.3) is 11.8 Å². The van der Waals surface area contributed by atoms with Gasteiger partial charge < -0.3 is 4.74 Å². The highest BCUT2D eigenvalue weighted by molar-refractivity contribution is 14.1. The third kappa shape index (κ3) is 5.87. The van der Waals surface area contributed by atoms with Crippen molar-refractivity contribution in [1.82, 2.24) is 5.32 Å². The zero-order valence-electron chi connectivity index (χ0n) is 18.7. The summed E-state index contributed by atoms with van der Waals surface area (Å²) in [6, 6.07) is 15.7. The van der Waals surface area contributed by atoms with Crippen LogP contribution in [0.3, 0.4) is 0 Å². The molecule has 0 aliphatic carbocycles. The Bertz CT molecular complexity index is 1340. The predicted molar refractivity (Wildman–Crippen MR) is 153 cm³/mol. The molecule has 0 saturated carbocycles. The standard InChI is InChI=1S/C26H19ClI2N2O4/c1-14-7-15(2)9-19(8-14)31-25(33)20(24(32)30-26(31)34)10-17-11-21(28)23(22(29)12-17)35-13-16-3-5-18(27)6-4-16/h3-12H,13H2,1-2H3,(H,30,32,34)/b20-10+. The molecule has 1 N–H and O–H groups in total. The van der Waals surface area contributed by atoms with Gasteiger partial charge in [0.05, 0.1) is 12.8 Å². The molecule has 0 aromatic heterocycles. The number of ether oxygens (including phenoxy) is 1. The molecule has 3 aromatic rings. The second-order valence-corrected chi connectivity index (χ2v) is 10.8. The first-order chi connectivity index (χ1) is 16.6. The average Bonchev–Trinajstić information content (AvgIpc) is 2.76. The van der Waals surface area contributed by atoms with E-state index in [4.69, 9.17) is 16.3 Å². The van der Waals surface area contributed by atoms with Crippen LogP contribution in [-0.4, -0.2) is 17.8 Å². The number of carbonyl (C=O) groups excluding carboxylic acids is 3. The molecule has 9 heteroatoms. The van der Waals surface area contributed by atoms with E-state index >= 15 is 0 Å². The maximum atomic E-state index is 13.2. The number of halogens is 3. The Morgan fingerprint density at radius 2 is 1.54 bits per heavy atom. The van der Waals surface area contributed by atoms with Crippen molar-refractivity contribution in [3.8, 4) is 5.75 Å². The summed E-state index contributed by atoms with van der Waals surface area (Å²) in [5.41, 5.74) is 3.73. The fourth-order valence-electron chi connectivity index (χ4n) is 3.68. The zero-order chi connectivity index (χ0) is 25.3. The Morgan fingerprint density at radius 3 is 2.14 bits per heavy atom. The predicted octanol–water partition coefficient (Wildman–Crippen LogP) is 6.41. The Morgan fingerprint density at radius 1 is 0.943 bits per heavy atom. The van der Waals surface area contributed by atoms with Gasteiger partial charge in [-0.25, -0.2) is 9.69 Å². The van der Waals surface area contributed by atoms with Gasteiger partial charge in [-0.3, -0.25) is 14.9 Å². The molecule has 4 amide bonds. The number of amides is 4. The van der Waals surface area contributed by atoms with E-state index in [1.54, 1.807) is 12.1 Å². The van der Waals surface area contributed by atoms with E-state index in [-0.39, 0.29) is 5.57 Å². The lowest BCUT2D eigenvalue weighted by Gasteiger charge is -2.27. The number of rotatable bonds is 5. The lowest BCUT2D eigenvalue weighted by Crippen LogP contribution is -2.54. The Hall–Kier alpha value is -2.44. The highest BCUT2D eigenvalue weighted by atomic mass is 127. The largest absolute Gasteiger partial charge is 0.487 e. The van der Waals surface area contributed by atoms with Gasteiger partial charge in [0, 0.05) is 5.02 Å². The lowest BCUT2D eigenvalue weighted by molar-refractivity contribution is -0.122. The van der Waals surface area contributed by atoms with Crippen LogP contribution < -0.4 is 15.0 Å². The van der Waals surface area contributed by atoms with Crippen LogP contribution in [0.15, 0.2) is 60.2 Å². The molecule has 0 unspecified atom stereocenters. The van der Waals surface area contributed by atoms with Gasteiger partial charge >= 0.3 is 6.03 Å². The molecule has 4 rings (SSSR count). The van der Waals surface area contributed by atoms with Crippen molar-refractivity contribution < 1.29 is 19.1 Å². The van der Waals surface area contributed by atoms with Crippen LogP contribution in [0.1, 0.15) is 22.3 Å². The number of anilines is 1. The van der Waals surface area contributed by atoms with Crippen LogP contribution in [-0.2, 0) is 16.2 Å². The van der Waals surface area contributed by atoms with Gasteiger partial charge in [-0.2, -0.15) is 0 Å². The molecule has 1 aliphatic rings. The molecule has 1 fully saturated rings. The van der Waals surface area contributed by atoms with E-state index in [1.807, 2.05) is 56.3 Å². The fourth-order valence-corrected chi connectivity index (χ4v) is 5.93. The second kappa shape index (κ2) is 10.7. The SMILES string of the molecule is Cc1cc(C)cc(N2C(=O)NC(=O)/C(=C\c3cc(I)c(OCc4ccc(Cl)cc4)c(I)c3)C2=O)c1. The summed E-state index contributed by atoms with van der Waals surface area (Å²) < 4.78 is 7.66. The molecule has 1 heterocycles. The van der Waals surface area contributed by atoms with Crippen molar-refractivity contribution >= 4 is 86.4 Å². The second-order valence-electron chi connectivity index (χ2n) is 8.03. The maximum absolute atomic E-state index is 13.2. The smallest absolute Gasteiger partial charge is 0.335 e. The molecule has 0 atom stereocenters. The van der Waals surface area contributed by atoms with Crippen LogP contribution in [0.25, 0.3) is 6.08 Å². The number of imide groups is 2. The number of nitrogens with zero attached hydrogens (tertiary/aromatic N) is 1. The van der Waals surface area contributed by atoms with Crippen molar-refractivity contribution in [3.63, 3.8) is 0 Å². The van der Waals surface area contributed by atoms with E-state index in [0.29, 0.717) is 28.6 Å². The summed E-state index contributed by atoms with van der Waals surface area (Å²) in [6.07, 6.45) is 1.49. The van der Waals surface area contributed by atoms with Crippen molar-refractivity contribution in [2.24, 2.45) is 0 Å². The lowest BCUT2D eigenvalue weighted by atomic mass is 10.1. The molecule has 3 aromatic carbocycles. The first-order valence-electron chi connectivity index (χ1n) is 10.5. The Kier molecular flexibility index (Phi) is 7.82. The number of benzene rings is 3. The van der Waals surface area contributed by atoms with Crippen molar-refractivity contribution in [2.45, 2.75) is 20.5 Å². The molecule has 6 nitrogen and oxygen atoms in total. The first-order valence-corrected chi connectivity index (χ1v) is 13.0. The molecule has 0 bridgehead atoms. The molecule has 178 valence electrons. The van der Waals surface area contributed by atoms with Crippen LogP contribution in [0.4, 0.5) is 10.5 Å². The van der Waals surface area contributed by atoms with Gasteiger partial charge in [-0.1, -0.05) is 29.8 Å². The number of hydrogen-bond acceptors (Lipinski definition) is 4. The Balaban J connectivity index is 1.62. The number of nitrogens with one attached hydrogen (secondary N) is 1. The molecule has 1 saturated heterocycles. The summed E-state index contributed by atoms with van der Waals surface area (Å²) in [5, 5.41) is 2.93. The summed E-state index contributed by atoms with van der Waals surface area (Å²) >= 11 is 10.3. The minimum Gasteiger partial charge on any atom is -0.487 e. The summed E-state index contributed by atoms with van der Waals surface area (Å²) in [5.74, 6) is -0.694. The number of aryl methyl sites for hydroxylation is 2. The van der Waals surface area contributed by atoms with Crippen LogP contribution in [0.2, 0.25) is 5.02 Å². The number of hydrogen-bond donors (Lipinski definition) is 1. The highest BCUT2D eigenvalue weighted by Crippen LogP contribution is 2.31. The third-order valence-corrected chi connectivity index (χ3v) is 7.05. The van der Waals surface area contributed by atoms with E-state index in [0.717, 1.165) is 28.7 Å². The molecule has 0 spiro atoms. The van der Waals surface area contributed by atoms with Gasteiger partial charge in [0.15, 0.2) is 0 Å². The monoisotopic (exact) mass is 712 g/mol. The average molecular weight is 713 g/mol. The summed E-state index contributed by atoms with van der Waals surface area (Å²) in [6.45, 7) is 4.13. The van der Waals surface area contributed by atoms with Gasteiger partial charge in [0.2, 0.25) is 0 Å². The van der Waals surface area contributed by atoms with Crippen molar-refractivity contribution in [1.29, 1.82) is 0 Å². The summed E-state index contributed by atoms with van der Waals surface area (Å²) in [7, 11) is 0. The first kappa shape index (κ1) is 25.6. The number of carbonyl (C=O) groups is 3. The quantitative estimate of drug-likeness (QED) is 0.189. The van der Waals surface area contributed by atoms with Crippen molar-refractivity contribution in [2.75, 3.05) is 4.90 Å².